The Hall–Kier alpha value is -2.59. The molecule has 7 nitrogen and oxygen atoms in total. The average Bonchev–Trinajstić information content (AvgIpc) is 3.27. The highest BCUT2D eigenvalue weighted by Crippen LogP contribution is 2.29. The molecular formula is C20H20N4O3S2. The minimum atomic E-state index is -3.45. The SMILES string of the molecule is CC(C)(O)c1ncc([S@](N)(=O)=NC(=O)Cn2c3ccccc3c3ccccc32)s1. The van der Waals surface area contributed by atoms with Gasteiger partial charge in [-0.15, -0.1) is 15.7 Å². The van der Waals surface area contributed by atoms with Crippen molar-refractivity contribution in [2.24, 2.45) is 9.50 Å². The summed E-state index contributed by atoms with van der Waals surface area (Å²) in [5.41, 5.74) is 0.594. The molecule has 1 amide bonds. The number of aromatic nitrogens is 2. The maximum Gasteiger partial charge on any atom is 0.275 e. The molecule has 150 valence electrons. The highest BCUT2D eigenvalue weighted by Gasteiger charge is 2.23. The van der Waals surface area contributed by atoms with Crippen molar-refractivity contribution in [2.45, 2.75) is 30.2 Å². The van der Waals surface area contributed by atoms with Gasteiger partial charge in [0.15, 0.2) is 9.92 Å². The molecule has 2 aromatic heterocycles. The predicted octanol–water partition coefficient (Wildman–Crippen LogP) is 3.41. The van der Waals surface area contributed by atoms with Crippen molar-refractivity contribution in [3.63, 3.8) is 0 Å². The molecule has 0 fully saturated rings. The van der Waals surface area contributed by atoms with Crippen LogP contribution in [0.5, 0.6) is 0 Å². The molecule has 4 rings (SSSR count). The average molecular weight is 429 g/mol. The molecule has 2 heterocycles. The van der Waals surface area contributed by atoms with Crippen LogP contribution in [0, 0.1) is 0 Å². The van der Waals surface area contributed by atoms with Crippen LogP contribution in [0.1, 0.15) is 18.9 Å². The quantitative estimate of drug-likeness (QED) is 0.519. The standard InChI is InChI=1S/C20H20N4O3S2/c1-20(2,26)19-22-11-18(28-19)29(21,27)23-17(25)12-24-15-9-5-3-7-13(15)14-8-4-6-10-16(14)24/h3-11,26H,12H2,1-2H3,(H2,21,23,25,27)/t29-/m1/s1. The van der Waals surface area contributed by atoms with E-state index in [0.29, 0.717) is 5.01 Å². The number of rotatable bonds is 4. The smallest absolute Gasteiger partial charge is 0.275 e. The Morgan fingerprint density at radius 3 is 2.24 bits per heavy atom. The number of nitrogens with two attached hydrogens (primary N) is 1. The summed E-state index contributed by atoms with van der Waals surface area (Å²) in [6, 6.07) is 15.6. The first-order chi connectivity index (χ1) is 13.7. The van der Waals surface area contributed by atoms with Crippen molar-refractivity contribution in [2.75, 3.05) is 0 Å². The summed E-state index contributed by atoms with van der Waals surface area (Å²) < 4.78 is 18.7. The third-order valence-corrected chi connectivity index (χ3v) is 7.73. The normalized spacial score (nSPS) is 14.2. The molecule has 1 atom stereocenters. The van der Waals surface area contributed by atoms with Gasteiger partial charge in [-0.1, -0.05) is 36.4 Å². The van der Waals surface area contributed by atoms with Crippen LogP contribution < -0.4 is 5.14 Å². The summed E-state index contributed by atoms with van der Waals surface area (Å²) >= 11 is 0.987. The van der Waals surface area contributed by atoms with Crippen LogP contribution in [0.4, 0.5) is 0 Å². The van der Waals surface area contributed by atoms with Crippen molar-refractivity contribution in [3.8, 4) is 0 Å². The molecule has 0 unspecified atom stereocenters. The zero-order valence-electron chi connectivity index (χ0n) is 15.9. The van der Waals surface area contributed by atoms with Gasteiger partial charge in [-0.05, 0) is 26.0 Å². The molecule has 29 heavy (non-hydrogen) atoms. The van der Waals surface area contributed by atoms with Gasteiger partial charge in [0.25, 0.3) is 5.91 Å². The molecule has 0 saturated heterocycles. The van der Waals surface area contributed by atoms with Crippen LogP contribution in [0.15, 0.2) is 63.3 Å². The van der Waals surface area contributed by atoms with Crippen LogP contribution in [0.25, 0.3) is 21.8 Å². The molecular weight excluding hydrogens is 408 g/mol. The Morgan fingerprint density at radius 1 is 1.17 bits per heavy atom. The molecule has 2 aromatic carbocycles. The molecule has 3 N–H and O–H groups in total. The van der Waals surface area contributed by atoms with Crippen molar-refractivity contribution in [3.05, 3.63) is 59.7 Å². The maximum absolute atomic E-state index is 12.9. The molecule has 9 heteroatoms. The number of nitrogens with zero attached hydrogens (tertiary/aromatic N) is 3. The molecule has 0 saturated carbocycles. The highest BCUT2D eigenvalue weighted by molar-refractivity contribution is 7.93. The third kappa shape index (κ3) is 3.69. The fourth-order valence-electron chi connectivity index (χ4n) is 3.21. The van der Waals surface area contributed by atoms with Gasteiger partial charge in [0.1, 0.15) is 21.4 Å². The number of benzene rings is 2. The zero-order valence-corrected chi connectivity index (χ0v) is 17.5. The van der Waals surface area contributed by atoms with Crippen LogP contribution in [0.2, 0.25) is 0 Å². The number of para-hydroxylation sites is 2. The number of carbonyl (C=O) groups excluding carboxylic acids is 1. The second-order valence-corrected chi connectivity index (χ2v) is 10.3. The number of hydrogen-bond acceptors (Lipinski definition) is 5. The van der Waals surface area contributed by atoms with E-state index in [2.05, 4.69) is 9.35 Å². The lowest BCUT2D eigenvalue weighted by atomic mass is 10.2. The molecule has 0 radical (unpaired) electrons. The summed E-state index contributed by atoms with van der Waals surface area (Å²) in [6.45, 7) is 3.05. The molecule has 0 aliphatic carbocycles. The fraction of sp³-hybridized carbons (Fsp3) is 0.200. The second-order valence-electron chi connectivity index (χ2n) is 7.22. The maximum atomic E-state index is 12.9. The molecule has 4 aromatic rings. The van der Waals surface area contributed by atoms with Crippen molar-refractivity contribution >= 4 is 49.0 Å². The molecule has 0 spiro atoms. The lowest BCUT2D eigenvalue weighted by Gasteiger charge is -2.12. The van der Waals surface area contributed by atoms with Gasteiger partial charge in [-0.2, -0.15) is 0 Å². The fourth-order valence-corrected chi connectivity index (χ4v) is 5.34. The summed E-state index contributed by atoms with van der Waals surface area (Å²) in [4.78, 5) is 16.7. The Morgan fingerprint density at radius 2 is 1.72 bits per heavy atom. The topological polar surface area (TPSA) is 111 Å². The lowest BCUT2D eigenvalue weighted by Crippen LogP contribution is -2.16. The number of carbonyl (C=O) groups is 1. The van der Waals surface area contributed by atoms with E-state index in [4.69, 9.17) is 5.14 Å². The summed E-state index contributed by atoms with van der Waals surface area (Å²) in [5, 5.41) is 18.3. The van der Waals surface area contributed by atoms with Gasteiger partial charge in [0.05, 0.1) is 6.20 Å². The van der Waals surface area contributed by atoms with Crippen LogP contribution in [-0.2, 0) is 26.9 Å². The number of amides is 1. The number of fused-ring (bicyclic) bond motifs is 3. The van der Waals surface area contributed by atoms with E-state index in [0.717, 1.165) is 33.1 Å². The monoisotopic (exact) mass is 428 g/mol. The lowest BCUT2D eigenvalue weighted by molar-refractivity contribution is -0.118. The summed E-state index contributed by atoms with van der Waals surface area (Å²) in [6.07, 6.45) is 1.30. The van der Waals surface area contributed by atoms with E-state index in [1.165, 1.54) is 6.20 Å². The minimum Gasteiger partial charge on any atom is -0.383 e. The van der Waals surface area contributed by atoms with Gasteiger partial charge >= 0.3 is 0 Å². The number of thiazole rings is 1. The largest absolute Gasteiger partial charge is 0.383 e. The number of hydrogen-bond donors (Lipinski definition) is 2. The Kier molecular flexibility index (Phi) is 4.78. The molecule has 0 bridgehead atoms. The van der Waals surface area contributed by atoms with E-state index in [9.17, 15) is 14.1 Å². The van der Waals surface area contributed by atoms with Gasteiger partial charge in [0.2, 0.25) is 0 Å². The van der Waals surface area contributed by atoms with E-state index in [-0.39, 0.29) is 10.8 Å². The summed E-state index contributed by atoms with van der Waals surface area (Å²) in [5.74, 6) is -0.595. The Balaban J connectivity index is 1.73. The van der Waals surface area contributed by atoms with Gasteiger partial charge in [-0.3, -0.25) is 4.79 Å². The van der Waals surface area contributed by atoms with Crippen molar-refractivity contribution in [1.82, 2.24) is 9.55 Å². The van der Waals surface area contributed by atoms with Crippen LogP contribution in [-0.4, -0.2) is 24.8 Å². The van der Waals surface area contributed by atoms with Crippen molar-refractivity contribution in [1.29, 1.82) is 0 Å². The van der Waals surface area contributed by atoms with Crippen LogP contribution in [0.3, 0.4) is 0 Å². The Labute approximate surface area is 172 Å². The minimum absolute atomic E-state index is 0.0840. The van der Waals surface area contributed by atoms with E-state index in [1.54, 1.807) is 13.8 Å². The zero-order chi connectivity index (χ0) is 20.8. The van der Waals surface area contributed by atoms with Gasteiger partial charge < -0.3 is 9.67 Å². The van der Waals surface area contributed by atoms with Gasteiger partial charge in [0, 0.05) is 21.8 Å². The van der Waals surface area contributed by atoms with E-state index >= 15 is 0 Å². The first-order valence-electron chi connectivity index (χ1n) is 8.89. The first-order valence-corrected chi connectivity index (χ1v) is 11.3. The second kappa shape index (κ2) is 7.03. The highest BCUT2D eigenvalue weighted by atomic mass is 32.2. The molecule has 0 aliphatic rings. The van der Waals surface area contributed by atoms with E-state index < -0.39 is 21.4 Å². The first kappa shape index (κ1) is 19.7. The van der Waals surface area contributed by atoms with Crippen LogP contribution >= 0.6 is 11.3 Å². The third-order valence-electron chi connectivity index (χ3n) is 4.51. The van der Waals surface area contributed by atoms with Crippen molar-refractivity contribution < 1.29 is 14.1 Å². The number of aliphatic hydroxyl groups is 1. The van der Waals surface area contributed by atoms with Gasteiger partial charge in [-0.25, -0.2) is 14.3 Å². The predicted molar refractivity (Wildman–Crippen MR) is 115 cm³/mol. The molecule has 0 aliphatic heterocycles. The van der Waals surface area contributed by atoms with E-state index in [1.807, 2.05) is 53.1 Å². The Bertz CT molecular complexity index is 1300. The summed E-state index contributed by atoms with van der Waals surface area (Å²) in [7, 11) is -3.45.